The van der Waals surface area contributed by atoms with E-state index < -0.39 is 0 Å². The second kappa shape index (κ2) is 6.85. The molecule has 0 bridgehead atoms. The number of aromatic nitrogens is 1. The number of hydrogen-bond acceptors (Lipinski definition) is 3. The lowest BCUT2D eigenvalue weighted by Gasteiger charge is -2.34. The predicted octanol–water partition coefficient (Wildman–Crippen LogP) is 2.70. The molecule has 0 unspecified atom stereocenters. The maximum atomic E-state index is 12.5. The SMILES string of the molecule is O=C(c1ccc[nH]c1=S)N1CCN(Cc2ccccc2)CC1. The van der Waals surface area contributed by atoms with E-state index >= 15 is 0 Å². The van der Waals surface area contributed by atoms with Gasteiger partial charge in [-0.1, -0.05) is 42.5 Å². The summed E-state index contributed by atoms with van der Waals surface area (Å²) in [6, 6.07) is 14.0. The molecule has 22 heavy (non-hydrogen) atoms. The lowest BCUT2D eigenvalue weighted by molar-refractivity contribution is 0.0627. The number of pyridine rings is 1. The molecule has 5 heteroatoms. The molecule has 1 aliphatic rings. The first-order valence-electron chi connectivity index (χ1n) is 7.47. The van der Waals surface area contributed by atoms with Crippen molar-refractivity contribution in [2.45, 2.75) is 6.54 Å². The number of hydrogen-bond donors (Lipinski definition) is 1. The predicted molar refractivity (Wildman–Crippen MR) is 89.2 cm³/mol. The zero-order valence-corrected chi connectivity index (χ0v) is 13.2. The lowest BCUT2D eigenvalue weighted by atomic mass is 10.2. The molecule has 1 aromatic carbocycles. The number of benzene rings is 1. The number of amides is 1. The number of aromatic amines is 1. The summed E-state index contributed by atoms with van der Waals surface area (Å²) in [6.45, 7) is 4.22. The number of carbonyl (C=O) groups is 1. The van der Waals surface area contributed by atoms with Crippen molar-refractivity contribution in [1.29, 1.82) is 0 Å². The summed E-state index contributed by atoms with van der Waals surface area (Å²) in [6.07, 6.45) is 1.75. The second-order valence-corrected chi connectivity index (χ2v) is 5.88. The van der Waals surface area contributed by atoms with Crippen molar-refractivity contribution in [3.63, 3.8) is 0 Å². The Morgan fingerprint density at radius 1 is 1.05 bits per heavy atom. The van der Waals surface area contributed by atoms with E-state index in [1.807, 2.05) is 17.0 Å². The molecule has 114 valence electrons. The Labute approximate surface area is 135 Å². The van der Waals surface area contributed by atoms with Crippen LogP contribution in [0.4, 0.5) is 0 Å². The Balaban J connectivity index is 1.59. The van der Waals surface area contributed by atoms with Gasteiger partial charge in [0.25, 0.3) is 5.91 Å². The molecule has 1 saturated heterocycles. The summed E-state index contributed by atoms with van der Waals surface area (Å²) in [5, 5.41) is 0. The number of carbonyl (C=O) groups excluding carboxylic acids is 1. The minimum Gasteiger partial charge on any atom is -0.352 e. The number of nitrogens with one attached hydrogen (secondary N) is 1. The van der Waals surface area contributed by atoms with E-state index in [0.29, 0.717) is 10.2 Å². The molecular weight excluding hydrogens is 294 g/mol. The molecule has 1 aromatic heterocycles. The maximum absolute atomic E-state index is 12.5. The van der Waals surface area contributed by atoms with E-state index in [2.05, 4.69) is 34.1 Å². The van der Waals surface area contributed by atoms with E-state index in [1.54, 1.807) is 12.3 Å². The fourth-order valence-electron chi connectivity index (χ4n) is 2.71. The highest BCUT2D eigenvalue weighted by Crippen LogP contribution is 2.11. The maximum Gasteiger partial charge on any atom is 0.256 e. The van der Waals surface area contributed by atoms with Gasteiger partial charge in [-0.2, -0.15) is 0 Å². The molecule has 4 nitrogen and oxygen atoms in total. The average Bonchev–Trinajstić information content (AvgIpc) is 2.56. The van der Waals surface area contributed by atoms with Gasteiger partial charge >= 0.3 is 0 Å². The van der Waals surface area contributed by atoms with Gasteiger partial charge in [-0.05, 0) is 17.7 Å². The largest absolute Gasteiger partial charge is 0.352 e. The Bertz CT molecular complexity index is 690. The summed E-state index contributed by atoms with van der Waals surface area (Å²) in [4.78, 5) is 19.7. The molecule has 0 radical (unpaired) electrons. The van der Waals surface area contributed by atoms with Crippen LogP contribution >= 0.6 is 12.2 Å². The molecule has 0 atom stereocenters. The van der Waals surface area contributed by atoms with Crippen molar-refractivity contribution in [2.24, 2.45) is 0 Å². The zero-order chi connectivity index (χ0) is 15.4. The highest BCUT2D eigenvalue weighted by atomic mass is 32.1. The normalized spacial score (nSPS) is 15.7. The topological polar surface area (TPSA) is 39.3 Å². The summed E-state index contributed by atoms with van der Waals surface area (Å²) in [5.74, 6) is 0.0289. The first-order chi connectivity index (χ1) is 10.7. The van der Waals surface area contributed by atoms with E-state index in [9.17, 15) is 4.79 Å². The highest BCUT2D eigenvalue weighted by molar-refractivity contribution is 7.71. The third-order valence-corrected chi connectivity index (χ3v) is 4.29. The van der Waals surface area contributed by atoms with Crippen LogP contribution in [0.3, 0.4) is 0 Å². The minimum absolute atomic E-state index is 0.0289. The van der Waals surface area contributed by atoms with E-state index in [1.165, 1.54) is 5.56 Å². The van der Waals surface area contributed by atoms with Gasteiger partial charge in [0, 0.05) is 38.9 Å². The van der Waals surface area contributed by atoms with Crippen molar-refractivity contribution in [2.75, 3.05) is 26.2 Å². The third-order valence-electron chi connectivity index (χ3n) is 3.96. The fraction of sp³-hybridized carbons (Fsp3) is 0.294. The van der Waals surface area contributed by atoms with Crippen molar-refractivity contribution >= 4 is 18.1 Å². The van der Waals surface area contributed by atoms with Crippen LogP contribution in [-0.4, -0.2) is 46.9 Å². The van der Waals surface area contributed by atoms with Crippen molar-refractivity contribution < 1.29 is 4.79 Å². The molecule has 1 N–H and O–H groups in total. The fourth-order valence-corrected chi connectivity index (χ4v) is 2.93. The third kappa shape index (κ3) is 3.43. The van der Waals surface area contributed by atoms with Crippen LogP contribution in [0.15, 0.2) is 48.7 Å². The van der Waals surface area contributed by atoms with Crippen molar-refractivity contribution in [3.8, 4) is 0 Å². The standard InChI is InChI=1S/C17H19N3OS/c21-17(15-7-4-8-18-16(15)22)20-11-9-19(10-12-20)13-14-5-2-1-3-6-14/h1-8H,9-13H2,(H,18,22). The van der Waals surface area contributed by atoms with Crippen molar-refractivity contribution in [3.05, 3.63) is 64.4 Å². The molecule has 1 aliphatic heterocycles. The van der Waals surface area contributed by atoms with E-state index in [0.717, 1.165) is 32.7 Å². The summed E-state index contributed by atoms with van der Waals surface area (Å²) in [7, 11) is 0. The molecule has 0 aliphatic carbocycles. The Morgan fingerprint density at radius 3 is 2.45 bits per heavy atom. The van der Waals surface area contributed by atoms with Gasteiger partial charge in [0.05, 0.1) is 5.56 Å². The van der Waals surface area contributed by atoms with Gasteiger partial charge in [0.2, 0.25) is 0 Å². The van der Waals surface area contributed by atoms with Crippen LogP contribution in [0.5, 0.6) is 0 Å². The summed E-state index contributed by atoms with van der Waals surface area (Å²) < 4.78 is 0.513. The number of piperazine rings is 1. The van der Waals surface area contributed by atoms with Crippen LogP contribution in [0.25, 0.3) is 0 Å². The van der Waals surface area contributed by atoms with Crippen LogP contribution in [0, 0.1) is 4.64 Å². The van der Waals surface area contributed by atoms with E-state index in [4.69, 9.17) is 12.2 Å². The van der Waals surface area contributed by atoms with Gasteiger partial charge < -0.3 is 9.88 Å². The lowest BCUT2D eigenvalue weighted by Crippen LogP contribution is -2.48. The van der Waals surface area contributed by atoms with Gasteiger partial charge in [-0.3, -0.25) is 9.69 Å². The van der Waals surface area contributed by atoms with Gasteiger partial charge in [0.1, 0.15) is 4.64 Å². The van der Waals surface area contributed by atoms with Gasteiger partial charge in [-0.15, -0.1) is 0 Å². The van der Waals surface area contributed by atoms with Crippen molar-refractivity contribution in [1.82, 2.24) is 14.8 Å². The Hall–Kier alpha value is -1.98. The molecule has 2 aromatic rings. The van der Waals surface area contributed by atoms with Crippen LogP contribution < -0.4 is 0 Å². The molecule has 0 saturated carbocycles. The van der Waals surface area contributed by atoms with Crippen LogP contribution in [-0.2, 0) is 6.54 Å². The molecule has 1 fully saturated rings. The van der Waals surface area contributed by atoms with Gasteiger partial charge in [0.15, 0.2) is 0 Å². The molecule has 2 heterocycles. The number of nitrogens with zero attached hydrogens (tertiary/aromatic N) is 2. The minimum atomic E-state index is 0.0289. The monoisotopic (exact) mass is 313 g/mol. The highest BCUT2D eigenvalue weighted by Gasteiger charge is 2.22. The first-order valence-corrected chi connectivity index (χ1v) is 7.88. The van der Waals surface area contributed by atoms with E-state index in [-0.39, 0.29) is 5.91 Å². The van der Waals surface area contributed by atoms with Crippen LogP contribution in [0.1, 0.15) is 15.9 Å². The molecule has 0 spiro atoms. The smallest absolute Gasteiger partial charge is 0.256 e. The van der Waals surface area contributed by atoms with Gasteiger partial charge in [-0.25, -0.2) is 0 Å². The molecular formula is C17H19N3OS. The average molecular weight is 313 g/mol. The molecule has 3 rings (SSSR count). The summed E-state index contributed by atoms with van der Waals surface area (Å²) >= 11 is 5.19. The first kappa shape index (κ1) is 14.9. The second-order valence-electron chi connectivity index (χ2n) is 5.47. The number of rotatable bonds is 3. The van der Waals surface area contributed by atoms with Crippen LogP contribution in [0.2, 0.25) is 0 Å². The summed E-state index contributed by atoms with van der Waals surface area (Å²) in [5.41, 5.74) is 1.90. The quantitative estimate of drug-likeness (QED) is 0.886. The zero-order valence-electron chi connectivity index (χ0n) is 12.4. The number of H-pyrrole nitrogens is 1. The Kier molecular flexibility index (Phi) is 4.65. The molecule has 1 amide bonds. The Morgan fingerprint density at radius 2 is 1.77 bits per heavy atom.